The Morgan fingerprint density at radius 1 is 0.926 bits per heavy atom. The summed E-state index contributed by atoms with van der Waals surface area (Å²) in [6.07, 6.45) is 0.636. The van der Waals surface area contributed by atoms with E-state index in [0.717, 1.165) is 25.8 Å². The largest absolute Gasteiger partial charge is 0.444 e. The van der Waals surface area contributed by atoms with Gasteiger partial charge in [-0.1, -0.05) is 56.1 Å². The van der Waals surface area contributed by atoms with Crippen LogP contribution in [0, 0.1) is 0 Å². The van der Waals surface area contributed by atoms with E-state index in [1.165, 1.54) is 5.01 Å². The molecule has 0 aliphatic carbocycles. The molecule has 0 radical (unpaired) electrons. The maximum absolute atomic E-state index is 13.0. The molecule has 0 saturated heterocycles. The van der Waals surface area contributed by atoms with Crippen LogP contribution in [-0.4, -0.2) is 16.6 Å². The monoisotopic (exact) mass is 550 g/mol. The van der Waals surface area contributed by atoms with Gasteiger partial charge in [0.25, 0.3) is 0 Å². The molecule has 4 rings (SSSR count). The van der Waals surface area contributed by atoms with Gasteiger partial charge in [0.1, 0.15) is 0 Å². The van der Waals surface area contributed by atoms with Gasteiger partial charge in [0.2, 0.25) is 0 Å². The maximum atomic E-state index is 13.0. The van der Waals surface area contributed by atoms with Crippen molar-refractivity contribution in [3.63, 3.8) is 0 Å². The third-order valence-corrected chi connectivity index (χ3v) is 5.82. The average Bonchev–Trinajstić information content (AvgIpc) is 3.29. The number of hydrazone groups is 1. The van der Waals surface area contributed by atoms with Gasteiger partial charge in [-0.15, -0.1) is 0 Å². The Balaban J connectivity index is 1.72. The summed E-state index contributed by atoms with van der Waals surface area (Å²) < 4.78 is 7.97. The first kappa shape index (κ1) is 18.7. The molecule has 2 heterocycles. The number of carbonyl (C=O) groups is 1. The molecule has 1 amide bonds. The Morgan fingerprint density at radius 2 is 1.56 bits per heavy atom. The Labute approximate surface area is 181 Å². The zero-order valence-electron chi connectivity index (χ0n) is 13.9. The fourth-order valence-corrected chi connectivity index (χ4v) is 3.84. The van der Waals surface area contributed by atoms with Crippen LogP contribution in [0.2, 0.25) is 0 Å². The van der Waals surface area contributed by atoms with Crippen LogP contribution in [0.4, 0.5) is 0 Å². The first-order valence-corrected chi connectivity index (χ1v) is 10.6. The van der Waals surface area contributed by atoms with Gasteiger partial charge < -0.3 is 4.42 Å². The zero-order valence-corrected chi connectivity index (χ0v) is 18.7. The average molecular weight is 553 g/mol. The van der Waals surface area contributed by atoms with E-state index < -0.39 is 0 Å². The normalized spacial score (nSPS) is 16.5. The molecule has 7 heteroatoms. The minimum absolute atomic E-state index is 0.187. The van der Waals surface area contributed by atoms with Crippen LogP contribution in [0.5, 0.6) is 0 Å². The molecular weight excluding hydrogens is 540 g/mol. The standard InChI is InChI=1S/C20H13Br3N2O2/c21-14-5-1-12(2-6-14)16-11-17(13-3-7-15(22)8-4-13)25(24-16)20(26)18-9-10-19(23)27-18/h1-10,17H,11H2/t17-/m1/s1. The second kappa shape index (κ2) is 7.73. The number of hydrogen-bond acceptors (Lipinski definition) is 3. The van der Waals surface area contributed by atoms with E-state index in [4.69, 9.17) is 4.42 Å². The lowest BCUT2D eigenvalue weighted by Crippen LogP contribution is -2.26. The van der Waals surface area contributed by atoms with Crippen LogP contribution in [0.15, 0.2) is 83.8 Å². The summed E-state index contributed by atoms with van der Waals surface area (Å²) in [6.45, 7) is 0. The molecule has 2 aromatic carbocycles. The van der Waals surface area contributed by atoms with Crippen molar-refractivity contribution in [1.29, 1.82) is 0 Å². The van der Waals surface area contributed by atoms with Crippen molar-refractivity contribution < 1.29 is 9.21 Å². The maximum Gasteiger partial charge on any atom is 0.310 e. The SMILES string of the molecule is O=C(c1ccc(Br)o1)N1N=C(c2ccc(Br)cc2)C[C@@H]1c1ccc(Br)cc1. The summed E-state index contributed by atoms with van der Waals surface area (Å²) >= 11 is 10.2. The molecule has 0 bridgehead atoms. The second-order valence-corrected chi connectivity index (χ2v) is 8.69. The Kier molecular flexibility index (Phi) is 5.34. The third-order valence-electron chi connectivity index (χ3n) is 4.33. The molecule has 0 saturated carbocycles. The highest BCUT2D eigenvalue weighted by Gasteiger charge is 2.34. The van der Waals surface area contributed by atoms with Crippen molar-refractivity contribution >= 4 is 59.4 Å². The number of benzene rings is 2. The first-order valence-electron chi connectivity index (χ1n) is 8.19. The number of carbonyl (C=O) groups excluding carboxylic acids is 1. The molecule has 1 aliphatic heterocycles. The Hall–Kier alpha value is -1.70. The summed E-state index contributed by atoms with van der Waals surface area (Å²) in [5, 5.41) is 6.17. The van der Waals surface area contributed by atoms with Crippen molar-refractivity contribution in [1.82, 2.24) is 5.01 Å². The Bertz CT molecular complexity index is 1010. The summed E-state index contributed by atoms with van der Waals surface area (Å²) in [5.41, 5.74) is 2.89. The van der Waals surface area contributed by atoms with Crippen molar-refractivity contribution in [3.8, 4) is 0 Å². The van der Waals surface area contributed by atoms with Gasteiger partial charge in [-0.25, -0.2) is 5.01 Å². The van der Waals surface area contributed by atoms with Crippen LogP contribution < -0.4 is 0 Å². The molecule has 1 atom stereocenters. The van der Waals surface area contributed by atoms with Crippen LogP contribution in [0.1, 0.15) is 34.1 Å². The lowest BCUT2D eigenvalue weighted by molar-refractivity contribution is 0.0677. The van der Waals surface area contributed by atoms with Gasteiger partial charge in [-0.05, 0) is 63.5 Å². The smallest absolute Gasteiger partial charge is 0.310 e. The van der Waals surface area contributed by atoms with Crippen LogP contribution in [0.3, 0.4) is 0 Å². The summed E-state index contributed by atoms with van der Waals surface area (Å²) in [5.74, 6) is -0.00877. The first-order chi connectivity index (χ1) is 13.0. The van der Waals surface area contributed by atoms with Crippen LogP contribution in [0.25, 0.3) is 0 Å². The molecule has 1 aliphatic rings. The second-order valence-electron chi connectivity index (χ2n) is 6.08. The molecule has 27 heavy (non-hydrogen) atoms. The number of amides is 1. The van der Waals surface area contributed by atoms with Crippen molar-refractivity contribution in [2.75, 3.05) is 0 Å². The number of rotatable bonds is 3. The summed E-state index contributed by atoms with van der Waals surface area (Å²) in [6, 6.07) is 19.1. The molecule has 0 fully saturated rings. The highest BCUT2D eigenvalue weighted by Crippen LogP contribution is 2.35. The van der Waals surface area contributed by atoms with E-state index in [1.807, 2.05) is 48.5 Å². The number of nitrogens with zero attached hydrogens (tertiary/aromatic N) is 2. The predicted octanol–water partition coefficient (Wildman–Crippen LogP) is 6.56. The van der Waals surface area contributed by atoms with E-state index in [0.29, 0.717) is 11.1 Å². The fraction of sp³-hybridized carbons (Fsp3) is 0.100. The van der Waals surface area contributed by atoms with Crippen LogP contribution >= 0.6 is 47.8 Å². The van der Waals surface area contributed by atoms with Crippen molar-refractivity contribution in [3.05, 3.63) is 91.2 Å². The topological polar surface area (TPSA) is 45.8 Å². The summed E-state index contributed by atoms with van der Waals surface area (Å²) in [4.78, 5) is 13.0. The molecule has 0 spiro atoms. The van der Waals surface area contributed by atoms with Gasteiger partial charge in [0, 0.05) is 15.4 Å². The molecule has 4 nitrogen and oxygen atoms in total. The minimum Gasteiger partial charge on any atom is -0.444 e. The van der Waals surface area contributed by atoms with E-state index in [-0.39, 0.29) is 17.7 Å². The lowest BCUT2D eigenvalue weighted by Gasteiger charge is -2.21. The van der Waals surface area contributed by atoms with Gasteiger partial charge in [-0.3, -0.25) is 4.79 Å². The number of halogens is 3. The van der Waals surface area contributed by atoms with Gasteiger partial charge in [0.15, 0.2) is 10.4 Å². The molecule has 3 aromatic rings. The van der Waals surface area contributed by atoms with Crippen LogP contribution in [-0.2, 0) is 0 Å². The van der Waals surface area contributed by atoms with Crippen molar-refractivity contribution in [2.24, 2.45) is 5.10 Å². The predicted molar refractivity (Wildman–Crippen MR) is 115 cm³/mol. The molecule has 136 valence electrons. The number of hydrogen-bond donors (Lipinski definition) is 0. The highest BCUT2D eigenvalue weighted by atomic mass is 79.9. The molecule has 0 N–H and O–H groups in total. The lowest BCUT2D eigenvalue weighted by atomic mass is 9.98. The highest BCUT2D eigenvalue weighted by molar-refractivity contribution is 9.11. The quantitative estimate of drug-likeness (QED) is 0.369. The molecule has 1 aromatic heterocycles. The van der Waals surface area contributed by atoms with E-state index in [2.05, 4.69) is 52.9 Å². The fourth-order valence-electron chi connectivity index (χ4n) is 3.00. The molecular formula is C20H13Br3N2O2. The minimum atomic E-state index is -0.263. The zero-order chi connectivity index (χ0) is 19.0. The summed E-state index contributed by atoms with van der Waals surface area (Å²) in [7, 11) is 0. The number of furan rings is 1. The van der Waals surface area contributed by atoms with E-state index in [1.54, 1.807) is 12.1 Å². The molecule has 0 unspecified atom stereocenters. The van der Waals surface area contributed by atoms with E-state index >= 15 is 0 Å². The van der Waals surface area contributed by atoms with E-state index in [9.17, 15) is 4.79 Å². The van der Waals surface area contributed by atoms with Gasteiger partial charge >= 0.3 is 5.91 Å². The Morgan fingerprint density at radius 3 is 2.15 bits per heavy atom. The van der Waals surface area contributed by atoms with Gasteiger partial charge in [-0.2, -0.15) is 5.10 Å². The van der Waals surface area contributed by atoms with Crippen molar-refractivity contribution in [2.45, 2.75) is 12.5 Å². The third kappa shape index (κ3) is 3.95. The van der Waals surface area contributed by atoms with Gasteiger partial charge in [0.05, 0.1) is 11.8 Å².